The molecule has 0 radical (unpaired) electrons. The average Bonchev–Trinajstić information content (AvgIpc) is 3.22. The van der Waals surface area contributed by atoms with E-state index in [0.717, 1.165) is 11.0 Å². The van der Waals surface area contributed by atoms with Gasteiger partial charge in [0.1, 0.15) is 21.7 Å². The molecular weight excluding hydrogens is 380 g/mol. The van der Waals surface area contributed by atoms with Crippen LogP contribution in [-0.2, 0) is 16.9 Å². The molecule has 4 aromatic rings. The molecule has 5 rings (SSSR count). The fourth-order valence-corrected chi connectivity index (χ4v) is 5.29. The van der Waals surface area contributed by atoms with E-state index in [9.17, 15) is 13.2 Å². The van der Waals surface area contributed by atoms with Gasteiger partial charge in [0.2, 0.25) is 5.95 Å². The minimum Gasteiger partial charge on any atom is -0.292 e. The normalized spacial score (nSPS) is 17.5. The number of aromatic nitrogens is 6. The molecule has 1 fully saturated rings. The second-order valence-electron chi connectivity index (χ2n) is 7.08. The third kappa shape index (κ3) is 2.55. The number of fused-ring (bicyclic) bond motifs is 2. The van der Waals surface area contributed by atoms with E-state index in [4.69, 9.17) is 0 Å². The molecule has 0 unspecified atom stereocenters. The molecule has 0 spiro atoms. The minimum atomic E-state index is -3.02. The van der Waals surface area contributed by atoms with Gasteiger partial charge in [0.15, 0.2) is 5.65 Å². The van der Waals surface area contributed by atoms with E-state index in [0.29, 0.717) is 30.0 Å². The SMILES string of the molecule is Cn1c(=O)n(C2CCS(=O)(=O)CC2)c2nc(-n3cnc4ccccc43)ncc21. The van der Waals surface area contributed by atoms with Gasteiger partial charge in [0.25, 0.3) is 0 Å². The van der Waals surface area contributed by atoms with Gasteiger partial charge in [-0.25, -0.2) is 23.2 Å². The monoisotopic (exact) mass is 398 g/mol. The molecule has 144 valence electrons. The highest BCUT2D eigenvalue weighted by atomic mass is 32.2. The molecule has 1 aromatic carbocycles. The van der Waals surface area contributed by atoms with E-state index in [-0.39, 0.29) is 23.2 Å². The first kappa shape index (κ1) is 17.1. The lowest BCUT2D eigenvalue weighted by atomic mass is 10.1. The third-order valence-corrected chi connectivity index (χ3v) is 7.09. The standard InChI is InChI=1S/C18H18N6O3S/c1-22-15-10-19-17(23-11-20-13-4-2-3-5-14(13)23)21-16(15)24(18(22)25)12-6-8-28(26,27)9-7-12/h2-5,10-12H,6-9H2,1H3. The molecule has 0 bridgehead atoms. The summed E-state index contributed by atoms with van der Waals surface area (Å²) in [7, 11) is -1.34. The van der Waals surface area contributed by atoms with Crippen molar-refractivity contribution >= 4 is 32.0 Å². The summed E-state index contributed by atoms with van der Waals surface area (Å²) in [4.78, 5) is 26.3. The van der Waals surface area contributed by atoms with Crippen molar-refractivity contribution in [2.24, 2.45) is 7.05 Å². The lowest BCUT2D eigenvalue weighted by Crippen LogP contribution is -2.32. The largest absolute Gasteiger partial charge is 0.330 e. The van der Waals surface area contributed by atoms with Crippen LogP contribution in [-0.4, -0.2) is 48.6 Å². The maximum Gasteiger partial charge on any atom is 0.330 e. The zero-order valence-corrected chi connectivity index (χ0v) is 16.0. The average molecular weight is 398 g/mol. The van der Waals surface area contributed by atoms with Crippen LogP contribution in [0.15, 0.2) is 41.6 Å². The highest BCUT2D eigenvalue weighted by Gasteiger charge is 2.28. The van der Waals surface area contributed by atoms with Crippen molar-refractivity contribution in [3.63, 3.8) is 0 Å². The zero-order chi connectivity index (χ0) is 19.5. The molecule has 0 atom stereocenters. The van der Waals surface area contributed by atoms with Gasteiger partial charge < -0.3 is 0 Å². The summed E-state index contributed by atoms with van der Waals surface area (Å²) >= 11 is 0. The van der Waals surface area contributed by atoms with Crippen molar-refractivity contribution in [1.29, 1.82) is 0 Å². The zero-order valence-electron chi connectivity index (χ0n) is 15.2. The molecule has 0 aliphatic carbocycles. The summed E-state index contributed by atoms with van der Waals surface area (Å²) in [6, 6.07) is 7.47. The molecular formula is C18H18N6O3S. The summed E-state index contributed by atoms with van der Waals surface area (Å²) in [5, 5.41) is 0. The van der Waals surface area contributed by atoms with Gasteiger partial charge in [-0.1, -0.05) is 12.1 Å². The summed E-state index contributed by atoms with van der Waals surface area (Å²) in [6.45, 7) is 0. The van der Waals surface area contributed by atoms with E-state index >= 15 is 0 Å². The second kappa shape index (κ2) is 5.99. The highest BCUT2D eigenvalue weighted by Crippen LogP contribution is 2.26. The Labute approximate surface area is 160 Å². The molecule has 10 heteroatoms. The fraction of sp³-hybridized carbons (Fsp3) is 0.333. The molecule has 1 saturated heterocycles. The molecule has 1 aliphatic heterocycles. The first-order valence-corrected chi connectivity index (χ1v) is 10.8. The van der Waals surface area contributed by atoms with E-state index in [1.807, 2.05) is 24.3 Å². The number of imidazole rings is 2. The van der Waals surface area contributed by atoms with Crippen LogP contribution in [0.4, 0.5) is 0 Å². The van der Waals surface area contributed by atoms with Crippen LogP contribution in [0.2, 0.25) is 0 Å². The van der Waals surface area contributed by atoms with Crippen LogP contribution in [0.3, 0.4) is 0 Å². The number of aryl methyl sites for hydroxylation is 1. The minimum absolute atomic E-state index is 0.0879. The van der Waals surface area contributed by atoms with Crippen molar-refractivity contribution < 1.29 is 8.42 Å². The van der Waals surface area contributed by atoms with Gasteiger partial charge in [0.05, 0.1) is 28.7 Å². The third-order valence-electron chi connectivity index (χ3n) is 5.38. The molecule has 0 N–H and O–H groups in total. The van der Waals surface area contributed by atoms with Gasteiger partial charge in [-0.2, -0.15) is 4.98 Å². The lowest BCUT2D eigenvalue weighted by Gasteiger charge is -2.22. The van der Waals surface area contributed by atoms with Gasteiger partial charge in [0, 0.05) is 13.1 Å². The number of nitrogens with zero attached hydrogens (tertiary/aromatic N) is 6. The Morgan fingerprint density at radius 3 is 2.61 bits per heavy atom. The van der Waals surface area contributed by atoms with Crippen LogP contribution in [0, 0.1) is 0 Å². The maximum absolute atomic E-state index is 12.8. The van der Waals surface area contributed by atoms with Gasteiger partial charge in [-0.15, -0.1) is 0 Å². The first-order chi connectivity index (χ1) is 13.4. The predicted octanol–water partition coefficient (Wildman–Crippen LogP) is 1.22. The number of benzene rings is 1. The Morgan fingerprint density at radius 1 is 1.07 bits per heavy atom. The van der Waals surface area contributed by atoms with Crippen LogP contribution < -0.4 is 5.69 Å². The van der Waals surface area contributed by atoms with Crippen molar-refractivity contribution in [3.05, 3.63) is 47.3 Å². The molecule has 9 nitrogen and oxygen atoms in total. The van der Waals surface area contributed by atoms with Crippen molar-refractivity contribution in [2.45, 2.75) is 18.9 Å². The van der Waals surface area contributed by atoms with E-state index in [2.05, 4.69) is 15.0 Å². The summed E-state index contributed by atoms with van der Waals surface area (Å²) in [5.41, 5.74) is 2.62. The molecule has 1 aliphatic rings. The Hall–Kier alpha value is -3.01. The number of hydrogen-bond donors (Lipinski definition) is 0. The molecule has 4 heterocycles. The number of hydrogen-bond acceptors (Lipinski definition) is 6. The predicted molar refractivity (Wildman–Crippen MR) is 104 cm³/mol. The topological polar surface area (TPSA) is 105 Å². The summed E-state index contributed by atoms with van der Waals surface area (Å²) < 4.78 is 28.5. The number of sulfone groups is 1. The smallest absolute Gasteiger partial charge is 0.292 e. The number of para-hydroxylation sites is 2. The van der Waals surface area contributed by atoms with Crippen LogP contribution in [0.1, 0.15) is 18.9 Å². The highest BCUT2D eigenvalue weighted by molar-refractivity contribution is 7.91. The first-order valence-electron chi connectivity index (χ1n) is 9.01. The Morgan fingerprint density at radius 2 is 1.82 bits per heavy atom. The van der Waals surface area contributed by atoms with Crippen LogP contribution in [0.25, 0.3) is 28.1 Å². The molecule has 0 saturated carbocycles. The van der Waals surface area contributed by atoms with Gasteiger partial charge >= 0.3 is 5.69 Å². The number of rotatable bonds is 2. The summed E-state index contributed by atoms with van der Waals surface area (Å²) in [6.07, 6.45) is 4.11. The van der Waals surface area contributed by atoms with Gasteiger partial charge in [-0.3, -0.25) is 13.7 Å². The summed E-state index contributed by atoms with van der Waals surface area (Å²) in [5.74, 6) is 0.596. The van der Waals surface area contributed by atoms with Crippen molar-refractivity contribution in [3.8, 4) is 5.95 Å². The molecule has 0 amide bonds. The maximum atomic E-state index is 12.8. The van der Waals surface area contributed by atoms with E-state index in [1.54, 1.807) is 28.7 Å². The second-order valence-corrected chi connectivity index (χ2v) is 9.38. The van der Waals surface area contributed by atoms with Crippen molar-refractivity contribution in [1.82, 2.24) is 28.7 Å². The lowest BCUT2D eigenvalue weighted by molar-refractivity contribution is 0.443. The Balaban J connectivity index is 1.68. The van der Waals surface area contributed by atoms with Gasteiger partial charge in [-0.05, 0) is 25.0 Å². The quantitative estimate of drug-likeness (QED) is 0.503. The Bertz CT molecular complexity index is 1370. The van der Waals surface area contributed by atoms with Crippen LogP contribution >= 0.6 is 0 Å². The Kier molecular flexibility index (Phi) is 3.66. The van der Waals surface area contributed by atoms with Crippen LogP contribution in [0.5, 0.6) is 0 Å². The molecule has 28 heavy (non-hydrogen) atoms. The fourth-order valence-electron chi connectivity index (χ4n) is 3.83. The van der Waals surface area contributed by atoms with E-state index < -0.39 is 9.84 Å². The van der Waals surface area contributed by atoms with Crippen molar-refractivity contribution in [2.75, 3.05) is 11.5 Å². The molecule has 3 aromatic heterocycles. The van der Waals surface area contributed by atoms with E-state index in [1.165, 1.54) is 4.57 Å².